The highest BCUT2D eigenvalue weighted by Gasteiger charge is 2.23. The van der Waals surface area contributed by atoms with Crippen LogP contribution >= 0.6 is 57.2 Å². The number of halogens is 2. The molecular formula is C15H25I2N3O4S. The zero-order valence-electron chi connectivity index (χ0n) is 14.3. The fourth-order valence-corrected chi connectivity index (χ4v) is 3.87. The Kier molecular flexibility index (Phi) is 15.2. The predicted molar refractivity (Wildman–Crippen MR) is 117 cm³/mol. The third-order valence-corrected chi connectivity index (χ3v) is 6.02. The van der Waals surface area contributed by atoms with Crippen molar-refractivity contribution >= 4 is 79.1 Å². The van der Waals surface area contributed by atoms with Crippen LogP contribution in [0.15, 0.2) is 0 Å². The average Bonchev–Trinajstić information content (AvgIpc) is 2.58. The smallest absolute Gasteiger partial charge is 0.230 e. The minimum Gasteiger partial charge on any atom is -0.355 e. The summed E-state index contributed by atoms with van der Waals surface area (Å²) in [5.41, 5.74) is 0. The van der Waals surface area contributed by atoms with Gasteiger partial charge in [0.2, 0.25) is 15.6 Å². The van der Waals surface area contributed by atoms with Gasteiger partial charge in [0.25, 0.3) is 0 Å². The Morgan fingerprint density at radius 3 is 2.44 bits per heavy atom. The van der Waals surface area contributed by atoms with E-state index in [1.807, 2.05) is 36.7 Å². The van der Waals surface area contributed by atoms with E-state index in [0.717, 1.165) is 12.7 Å². The number of carbonyl (C=O) groups excluding carboxylic acids is 4. The molecule has 0 aliphatic carbocycles. The van der Waals surface area contributed by atoms with Crippen LogP contribution in [-0.4, -0.2) is 52.0 Å². The molecule has 0 aromatic carbocycles. The van der Waals surface area contributed by atoms with Crippen LogP contribution in [0.4, 0.5) is 0 Å². The van der Waals surface area contributed by atoms with Crippen LogP contribution in [0.3, 0.4) is 0 Å². The molecule has 0 heterocycles. The lowest BCUT2D eigenvalue weighted by Gasteiger charge is -2.20. The Balaban J connectivity index is 3.94. The fraction of sp³-hybridized carbons (Fsp3) is 0.733. The summed E-state index contributed by atoms with van der Waals surface area (Å²) in [7, 11) is 0. The number of thioether (sulfide) groups is 1. The van der Waals surface area contributed by atoms with E-state index in [9.17, 15) is 19.2 Å². The largest absolute Gasteiger partial charge is 0.355 e. The van der Waals surface area contributed by atoms with E-state index in [-0.39, 0.29) is 46.3 Å². The summed E-state index contributed by atoms with van der Waals surface area (Å²) < 4.78 is 2.75. The van der Waals surface area contributed by atoms with E-state index in [2.05, 4.69) is 14.2 Å². The second kappa shape index (κ2) is 15.1. The molecule has 7 nitrogen and oxygen atoms in total. The molecule has 144 valence electrons. The zero-order valence-corrected chi connectivity index (χ0v) is 19.5. The summed E-state index contributed by atoms with van der Waals surface area (Å²) in [5.74, 6) is 0.667. The Hall–Kier alpha value is 0.0500. The molecule has 0 aromatic heterocycles. The summed E-state index contributed by atoms with van der Waals surface area (Å²) >= 11 is 5.07. The van der Waals surface area contributed by atoms with E-state index in [1.54, 1.807) is 22.6 Å². The molecule has 0 unspecified atom stereocenters. The van der Waals surface area contributed by atoms with E-state index in [4.69, 9.17) is 0 Å². The third kappa shape index (κ3) is 12.1. The lowest BCUT2D eigenvalue weighted by atomic mass is 10.0. The van der Waals surface area contributed by atoms with Gasteiger partial charge in [-0.2, -0.15) is 11.8 Å². The van der Waals surface area contributed by atoms with Crippen LogP contribution in [0, 0.1) is 5.92 Å². The Morgan fingerprint density at radius 2 is 1.92 bits per heavy atom. The lowest BCUT2D eigenvalue weighted by Crippen LogP contribution is -2.44. The SMILES string of the molecule is CC[C@H](C)[C@H](NC(=O)CCNC(=O)CSCC[C@@H](C=O)NI)C(=O)I. The van der Waals surface area contributed by atoms with Crippen molar-refractivity contribution in [3.05, 3.63) is 0 Å². The molecule has 2 amide bonds. The maximum atomic E-state index is 11.9. The molecule has 0 saturated carbocycles. The molecule has 3 N–H and O–H groups in total. The van der Waals surface area contributed by atoms with Crippen molar-refractivity contribution in [3.8, 4) is 0 Å². The molecular weight excluding hydrogens is 572 g/mol. The quantitative estimate of drug-likeness (QED) is 0.0926. The molecule has 0 fully saturated rings. The standard InChI is InChI=1S/C15H25I2N3O4S/c1-3-10(2)14(15(16)24)19-12(22)4-6-18-13(23)9-25-7-5-11(8-21)20-17/h8,10-11,14,20H,3-7,9H2,1-2H3,(H,18,23)(H,19,22)/t10-,11-,14-/m0/s1. The summed E-state index contributed by atoms with van der Waals surface area (Å²) in [4.78, 5) is 45.8. The van der Waals surface area contributed by atoms with Crippen molar-refractivity contribution < 1.29 is 19.2 Å². The Morgan fingerprint density at radius 1 is 1.24 bits per heavy atom. The molecule has 0 aromatic rings. The number of rotatable bonds is 14. The van der Waals surface area contributed by atoms with Crippen LogP contribution in [0.1, 0.15) is 33.1 Å². The van der Waals surface area contributed by atoms with Gasteiger partial charge in [0.15, 0.2) is 0 Å². The first-order valence-corrected chi connectivity index (χ1v) is 11.3. The first kappa shape index (κ1) is 25.1. The topological polar surface area (TPSA) is 104 Å². The van der Waals surface area contributed by atoms with Gasteiger partial charge in [-0.3, -0.25) is 17.9 Å². The number of carbonyl (C=O) groups is 4. The van der Waals surface area contributed by atoms with Crippen LogP contribution in [0.25, 0.3) is 0 Å². The van der Waals surface area contributed by atoms with Gasteiger partial charge in [-0.25, -0.2) is 0 Å². The predicted octanol–water partition coefficient (Wildman–Crippen LogP) is 1.62. The first-order valence-electron chi connectivity index (χ1n) is 8.00. The molecule has 0 aliphatic heterocycles. The highest BCUT2D eigenvalue weighted by atomic mass is 127. The fourth-order valence-electron chi connectivity index (χ4n) is 1.79. The van der Waals surface area contributed by atoms with Crippen molar-refractivity contribution in [1.29, 1.82) is 0 Å². The van der Waals surface area contributed by atoms with Crippen LogP contribution in [0.5, 0.6) is 0 Å². The normalized spacial score (nSPS) is 14.2. The molecule has 3 atom stereocenters. The van der Waals surface area contributed by atoms with Crippen molar-refractivity contribution in [1.82, 2.24) is 14.2 Å². The first-order chi connectivity index (χ1) is 11.8. The summed E-state index contributed by atoms with van der Waals surface area (Å²) in [6.07, 6.45) is 2.44. The third-order valence-electron chi connectivity index (χ3n) is 3.56. The van der Waals surface area contributed by atoms with Gasteiger partial charge in [-0.1, -0.05) is 20.3 Å². The molecule has 25 heavy (non-hydrogen) atoms. The van der Waals surface area contributed by atoms with Gasteiger partial charge in [0.05, 0.1) is 11.8 Å². The lowest BCUT2D eigenvalue weighted by molar-refractivity contribution is -0.125. The second-order valence-electron chi connectivity index (χ2n) is 5.53. The van der Waals surface area contributed by atoms with Gasteiger partial charge < -0.3 is 15.4 Å². The maximum absolute atomic E-state index is 11.9. The van der Waals surface area contributed by atoms with Crippen molar-refractivity contribution in [2.45, 2.75) is 45.2 Å². The summed E-state index contributed by atoms with van der Waals surface area (Å²) in [6, 6.07) is -0.680. The molecule has 0 aliphatic rings. The van der Waals surface area contributed by atoms with Crippen LogP contribution < -0.4 is 14.2 Å². The maximum Gasteiger partial charge on any atom is 0.230 e. The van der Waals surface area contributed by atoms with Crippen LogP contribution in [0.2, 0.25) is 0 Å². The number of hydrogen-bond donors (Lipinski definition) is 3. The number of nitrogens with one attached hydrogen (secondary N) is 3. The molecule has 0 radical (unpaired) electrons. The van der Waals surface area contributed by atoms with Crippen LogP contribution in [-0.2, 0) is 19.2 Å². The molecule has 0 spiro atoms. The number of aldehydes is 1. The average molecular weight is 597 g/mol. The van der Waals surface area contributed by atoms with E-state index >= 15 is 0 Å². The van der Waals surface area contributed by atoms with Gasteiger partial charge in [-0.15, -0.1) is 0 Å². The highest BCUT2D eigenvalue weighted by Crippen LogP contribution is 2.12. The highest BCUT2D eigenvalue weighted by molar-refractivity contribution is 14.1. The Bertz CT molecular complexity index is 454. The minimum atomic E-state index is -0.485. The van der Waals surface area contributed by atoms with E-state index in [1.165, 1.54) is 11.8 Å². The summed E-state index contributed by atoms with van der Waals surface area (Å²) in [6.45, 7) is 4.12. The van der Waals surface area contributed by atoms with Gasteiger partial charge in [0.1, 0.15) is 12.3 Å². The minimum absolute atomic E-state index is 0.0755. The second-order valence-corrected chi connectivity index (χ2v) is 8.32. The monoisotopic (exact) mass is 597 g/mol. The molecule has 0 bridgehead atoms. The molecule has 0 saturated heterocycles. The van der Waals surface area contributed by atoms with E-state index in [0.29, 0.717) is 12.2 Å². The van der Waals surface area contributed by atoms with Crippen molar-refractivity contribution in [2.75, 3.05) is 18.1 Å². The van der Waals surface area contributed by atoms with Gasteiger partial charge in [-0.05, 0) is 18.1 Å². The Labute approximate surface area is 180 Å². The van der Waals surface area contributed by atoms with Gasteiger partial charge >= 0.3 is 0 Å². The summed E-state index contributed by atoms with van der Waals surface area (Å²) in [5, 5.41) is 5.41. The number of amides is 2. The van der Waals surface area contributed by atoms with Crippen molar-refractivity contribution in [2.24, 2.45) is 5.92 Å². The number of hydrogen-bond acceptors (Lipinski definition) is 6. The van der Waals surface area contributed by atoms with Crippen molar-refractivity contribution in [3.63, 3.8) is 0 Å². The van der Waals surface area contributed by atoms with E-state index < -0.39 is 6.04 Å². The molecule has 10 heteroatoms. The molecule has 0 rings (SSSR count). The zero-order chi connectivity index (χ0) is 19.2. The van der Waals surface area contributed by atoms with Gasteiger partial charge in [0, 0.05) is 58.4 Å².